The molecule has 0 bridgehead atoms. The third-order valence-electron chi connectivity index (χ3n) is 22.5. The number of carbonyl (C=O) groups is 13. The first-order valence-electron chi connectivity index (χ1n) is 43.0. The number of halogens is 1. The summed E-state index contributed by atoms with van der Waals surface area (Å²) in [6.07, 6.45) is 6.30. The standard InChI is InChI=1S/C90H119ClN18O15S/c1-53(2)42-67(80(113)98-66(17-10-11-36-95-54(3)4)88(121)109-37-13-18-75(109)87(120)96-55(5)79(92)112)99-81(114)69(46-58-28-33-65(34-29-58)97-77(111)20-9-8-19-76-78-74(52-125-76)106-90(123)107-78)100-83(116)70(44-56-21-23-59(24-22-56)50-108-38-40-124-41-39-108)103-86(119)73(51-110)104-84(117)71(48-61-14-12-35-94-49-61)102-82(115)68(45-57-26-31-64(91)32-27-57)101-85(118)72(105-89(93)122)47-60-25-30-62-15-6-7-16-63(62)43-60/h6-7,12,14-16,21-35,43,49,53-55,66-76,78,95,110H,8-11,13,17-20,36-42,44-48,50-52H2,1-5H3,(H2,92,112)(H,96,120)(H,97,111)(H,98,113)(H,99,114)(H,100,116)(H,101,118)(H,102,115)(H,103,119)(H,104,117)(H3,93,105,122)(H2,106,107,123)/t55-,66+,67+,68-,69-,70+,71-,72-,73+,74+,75+,76+,78+/m1/s1. The zero-order valence-corrected chi connectivity index (χ0v) is 72.9. The first-order valence-corrected chi connectivity index (χ1v) is 44.4. The summed E-state index contributed by atoms with van der Waals surface area (Å²) in [7, 11) is 0. The van der Waals surface area contributed by atoms with E-state index in [1.165, 1.54) is 24.2 Å². The highest BCUT2D eigenvalue weighted by molar-refractivity contribution is 8.00. The van der Waals surface area contributed by atoms with Crippen LogP contribution in [0.25, 0.3) is 10.8 Å². The number of likely N-dealkylation sites (tertiary alicyclic amines) is 1. The number of hydrogen-bond donors (Lipinski definition) is 16. The number of thioether (sulfide) groups is 1. The molecular formula is C90H119ClN18O15S. The number of unbranched alkanes of at least 4 members (excludes halogenated alkanes) is 2. The quantitative estimate of drug-likeness (QED) is 0.0192. The highest BCUT2D eigenvalue weighted by Crippen LogP contribution is 2.34. The Bertz CT molecular complexity index is 4690. The monoisotopic (exact) mass is 1760 g/mol. The lowest BCUT2D eigenvalue weighted by Gasteiger charge is -2.31. The fourth-order valence-corrected chi connectivity index (χ4v) is 17.4. The van der Waals surface area contributed by atoms with E-state index in [1.807, 2.05) is 76.2 Å². The topological polar surface area (TPSA) is 479 Å². The van der Waals surface area contributed by atoms with Crippen molar-refractivity contribution in [2.45, 2.75) is 221 Å². The highest BCUT2D eigenvalue weighted by atomic mass is 35.5. The smallest absolute Gasteiger partial charge is 0.315 e. The number of nitrogens with zero attached hydrogens (tertiary/aromatic N) is 3. The summed E-state index contributed by atoms with van der Waals surface area (Å²) in [6.45, 7) is 11.9. The Hall–Kier alpha value is -11.3. The minimum atomic E-state index is -1.85. The van der Waals surface area contributed by atoms with E-state index in [-0.39, 0.29) is 106 Å². The molecule has 35 heteroatoms. The van der Waals surface area contributed by atoms with Gasteiger partial charge in [-0.15, -0.1) is 0 Å². The average molecular weight is 1760 g/mol. The Morgan fingerprint density at radius 2 is 1.10 bits per heavy atom. The number of amides is 15. The van der Waals surface area contributed by atoms with Crippen LogP contribution in [0, 0.1) is 5.92 Å². The highest BCUT2D eigenvalue weighted by Gasteiger charge is 2.44. The Kier molecular flexibility index (Phi) is 36.6. The van der Waals surface area contributed by atoms with Crippen LogP contribution in [0.2, 0.25) is 5.02 Å². The fourth-order valence-electron chi connectivity index (χ4n) is 15.7. The zero-order chi connectivity index (χ0) is 89.6. The van der Waals surface area contributed by atoms with Gasteiger partial charge in [-0.2, -0.15) is 11.8 Å². The molecule has 15 amide bonds. The number of rotatable bonds is 46. The first kappa shape index (κ1) is 95.9. The second-order valence-electron chi connectivity index (χ2n) is 33.2. The van der Waals surface area contributed by atoms with Gasteiger partial charge in [-0.1, -0.05) is 143 Å². The van der Waals surface area contributed by atoms with Crippen molar-refractivity contribution in [2.75, 3.05) is 57.1 Å². The summed E-state index contributed by atoms with van der Waals surface area (Å²) in [6, 6.07) is 21.9. The van der Waals surface area contributed by atoms with Gasteiger partial charge < -0.3 is 95.3 Å². The normalized spacial score (nSPS) is 18.3. The number of urea groups is 2. The molecule has 672 valence electrons. The molecule has 4 saturated heterocycles. The van der Waals surface area contributed by atoms with Crippen LogP contribution in [0.1, 0.15) is 132 Å². The molecule has 4 aliphatic heterocycles. The molecule has 4 aliphatic rings. The van der Waals surface area contributed by atoms with Crippen LogP contribution in [0.5, 0.6) is 0 Å². The van der Waals surface area contributed by atoms with Gasteiger partial charge in [0.1, 0.15) is 60.4 Å². The zero-order valence-electron chi connectivity index (χ0n) is 71.4. The van der Waals surface area contributed by atoms with E-state index in [1.54, 1.807) is 90.6 Å². The number of nitrogens with one attached hydrogen (secondary N) is 13. The third kappa shape index (κ3) is 30.0. The van der Waals surface area contributed by atoms with E-state index in [2.05, 4.69) is 79.0 Å². The summed E-state index contributed by atoms with van der Waals surface area (Å²) < 4.78 is 5.58. The molecule has 0 spiro atoms. The number of fused-ring (bicyclic) bond motifs is 2. The van der Waals surface area contributed by atoms with Gasteiger partial charge in [-0.05, 0) is 145 Å². The van der Waals surface area contributed by atoms with Gasteiger partial charge in [0, 0.05) is 105 Å². The second-order valence-corrected chi connectivity index (χ2v) is 34.9. The Morgan fingerprint density at radius 3 is 1.69 bits per heavy atom. The number of hydrogen-bond acceptors (Lipinski definition) is 19. The number of aliphatic hydroxyl groups excluding tert-OH is 1. The SMILES string of the molecule is CC(C)C[C@H](NC(=O)[C@@H](Cc1ccc(NC(=O)CCCC[C@@H]2SC[C@@H]3NC(=O)N[C@@H]32)cc1)NC(=O)[C@H](Cc1ccc(CN2CCOCC2)cc1)NC(=O)[C@H](CO)NC(=O)[C@@H](Cc1cccnc1)NC(=O)[C@@H](Cc1ccc(Cl)cc1)NC(=O)[C@@H](Cc1ccc2ccccc2c1)NC(N)=O)C(=O)N[C@@H](CCCCNC(C)C)C(=O)N1CCC[C@H]1C(=O)N[C@H](C)C(N)=O. The number of benzene rings is 5. The molecule has 0 saturated carbocycles. The Labute approximate surface area is 737 Å². The van der Waals surface area contributed by atoms with E-state index < -0.39 is 132 Å². The number of morpholine rings is 1. The summed E-state index contributed by atoms with van der Waals surface area (Å²) in [4.78, 5) is 193. The van der Waals surface area contributed by atoms with Crippen LogP contribution in [0.3, 0.4) is 0 Å². The van der Waals surface area contributed by atoms with Crippen molar-refractivity contribution in [3.05, 3.63) is 178 Å². The van der Waals surface area contributed by atoms with Crippen LogP contribution in [0.4, 0.5) is 15.3 Å². The van der Waals surface area contributed by atoms with Crippen molar-refractivity contribution in [1.82, 2.24) is 78.6 Å². The fraction of sp³-hybridized carbons (Fsp3) is 0.489. The number of nitrogens with two attached hydrogens (primary N) is 2. The van der Waals surface area contributed by atoms with Gasteiger partial charge in [0.15, 0.2) is 0 Å². The third-order valence-corrected chi connectivity index (χ3v) is 24.3. The van der Waals surface area contributed by atoms with Crippen molar-refractivity contribution in [2.24, 2.45) is 17.4 Å². The minimum Gasteiger partial charge on any atom is -0.394 e. The maximum atomic E-state index is 15.7. The lowest BCUT2D eigenvalue weighted by atomic mass is 9.99. The largest absolute Gasteiger partial charge is 0.394 e. The first-order chi connectivity index (χ1) is 60.0. The number of carbonyl (C=O) groups excluding carboxylic acids is 13. The predicted octanol–water partition coefficient (Wildman–Crippen LogP) is 3.52. The Balaban J connectivity index is 0.922. The maximum absolute atomic E-state index is 15.7. The Morgan fingerprint density at radius 1 is 0.568 bits per heavy atom. The molecule has 4 fully saturated rings. The summed E-state index contributed by atoms with van der Waals surface area (Å²) in [5.74, 6) is -7.92. The van der Waals surface area contributed by atoms with Crippen molar-refractivity contribution < 1.29 is 72.2 Å². The molecule has 0 radical (unpaired) electrons. The number of pyridine rings is 1. The minimum absolute atomic E-state index is 0.0213. The van der Waals surface area contributed by atoms with Crippen LogP contribution < -0.4 is 80.6 Å². The summed E-state index contributed by atoms with van der Waals surface area (Å²) >= 11 is 8.09. The molecule has 0 unspecified atom stereocenters. The lowest BCUT2D eigenvalue weighted by Crippen LogP contribution is -2.62. The molecule has 18 N–H and O–H groups in total. The molecule has 10 rings (SSSR count). The van der Waals surface area contributed by atoms with Crippen LogP contribution >= 0.6 is 23.4 Å². The van der Waals surface area contributed by atoms with E-state index in [0.717, 1.165) is 34.9 Å². The second kappa shape index (κ2) is 47.7. The molecule has 6 aromatic rings. The van der Waals surface area contributed by atoms with Crippen molar-refractivity contribution in [3.8, 4) is 0 Å². The molecule has 125 heavy (non-hydrogen) atoms. The molecule has 1 aromatic heterocycles. The molecular weight excluding hydrogens is 1640 g/mol. The summed E-state index contributed by atoms with van der Waals surface area (Å²) in [5.41, 5.74) is 15.1. The van der Waals surface area contributed by atoms with Crippen molar-refractivity contribution in [3.63, 3.8) is 0 Å². The van der Waals surface area contributed by atoms with Gasteiger partial charge in [0.2, 0.25) is 65.0 Å². The summed E-state index contributed by atoms with van der Waals surface area (Å²) in [5, 5.41) is 50.6. The average Bonchev–Trinajstić information content (AvgIpc) is 1.71. The van der Waals surface area contributed by atoms with Crippen molar-refractivity contribution in [1.29, 1.82) is 0 Å². The molecule has 5 heterocycles. The van der Waals surface area contributed by atoms with Gasteiger partial charge in [-0.3, -0.25) is 62.6 Å². The predicted molar refractivity (Wildman–Crippen MR) is 475 cm³/mol. The van der Waals surface area contributed by atoms with Crippen LogP contribution in [-0.4, -0.2) is 232 Å². The molecule has 5 aromatic carbocycles. The van der Waals surface area contributed by atoms with E-state index >= 15 is 28.8 Å². The van der Waals surface area contributed by atoms with E-state index in [9.17, 15) is 38.7 Å². The van der Waals surface area contributed by atoms with Gasteiger partial charge in [0.05, 0.1) is 31.9 Å². The van der Waals surface area contributed by atoms with Gasteiger partial charge >= 0.3 is 12.1 Å². The lowest BCUT2D eigenvalue weighted by molar-refractivity contribution is -0.142. The number of anilines is 1. The number of aromatic nitrogens is 1. The van der Waals surface area contributed by atoms with Crippen molar-refractivity contribution >= 4 is 117 Å². The molecule has 0 aliphatic carbocycles. The van der Waals surface area contributed by atoms with E-state index in [0.29, 0.717) is 104 Å². The number of aliphatic hydroxyl groups is 1. The van der Waals surface area contributed by atoms with Gasteiger partial charge in [0.25, 0.3) is 0 Å². The van der Waals surface area contributed by atoms with E-state index in [4.69, 9.17) is 27.8 Å². The molecule has 13 atom stereocenters. The molecule has 33 nitrogen and oxygen atoms in total. The number of primary amides is 2. The van der Waals surface area contributed by atoms with Crippen LogP contribution in [0.15, 0.2) is 140 Å². The van der Waals surface area contributed by atoms with Gasteiger partial charge in [-0.25, -0.2) is 9.59 Å². The maximum Gasteiger partial charge on any atom is 0.315 e. The van der Waals surface area contributed by atoms with Crippen LogP contribution in [-0.2, 0) is 96.1 Å². The number of ether oxygens (including phenoxy) is 1.